The molecule has 4 heteroatoms. The van der Waals surface area contributed by atoms with Crippen molar-refractivity contribution in [2.75, 3.05) is 37.8 Å². The summed E-state index contributed by atoms with van der Waals surface area (Å²) < 4.78 is 0. The fourth-order valence-electron chi connectivity index (χ4n) is 1.68. The number of anilines is 2. The molecule has 19 heavy (non-hydrogen) atoms. The Morgan fingerprint density at radius 1 is 1.16 bits per heavy atom. The van der Waals surface area contributed by atoms with Crippen LogP contribution in [0.4, 0.5) is 11.4 Å². The van der Waals surface area contributed by atoms with Gasteiger partial charge in [-0.15, -0.1) is 0 Å². The van der Waals surface area contributed by atoms with Crippen molar-refractivity contribution >= 4 is 17.3 Å². The van der Waals surface area contributed by atoms with Crippen LogP contribution in [0.3, 0.4) is 0 Å². The number of rotatable bonds is 7. The van der Waals surface area contributed by atoms with Crippen LogP contribution in [0.2, 0.25) is 0 Å². The lowest BCUT2D eigenvalue weighted by Gasteiger charge is -2.12. The van der Waals surface area contributed by atoms with Gasteiger partial charge in [-0.2, -0.15) is 0 Å². The molecule has 1 aromatic rings. The zero-order valence-electron chi connectivity index (χ0n) is 12.4. The highest BCUT2D eigenvalue weighted by Crippen LogP contribution is 2.14. The van der Waals surface area contributed by atoms with Crippen LogP contribution in [0.5, 0.6) is 0 Å². The van der Waals surface area contributed by atoms with E-state index in [0.29, 0.717) is 12.3 Å². The van der Waals surface area contributed by atoms with Crippen molar-refractivity contribution in [1.82, 2.24) is 4.90 Å². The van der Waals surface area contributed by atoms with Gasteiger partial charge in [-0.05, 0) is 44.3 Å². The Bertz CT molecular complexity index is 385. The number of carbonyl (C=O) groups excluding carboxylic acids is 1. The first-order chi connectivity index (χ1) is 8.97. The third-order valence-electron chi connectivity index (χ3n) is 2.65. The summed E-state index contributed by atoms with van der Waals surface area (Å²) in [5.41, 5.74) is 1.92. The van der Waals surface area contributed by atoms with Crippen molar-refractivity contribution in [3.63, 3.8) is 0 Å². The highest BCUT2D eigenvalue weighted by Gasteiger charge is 2.04. The van der Waals surface area contributed by atoms with E-state index in [1.807, 2.05) is 38.1 Å². The molecule has 0 aliphatic heterocycles. The van der Waals surface area contributed by atoms with Crippen molar-refractivity contribution < 1.29 is 4.79 Å². The molecule has 4 nitrogen and oxygen atoms in total. The van der Waals surface area contributed by atoms with E-state index in [1.54, 1.807) is 0 Å². The first-order valence-electron chi connectivity index (χ1n) is 6.76. The van der Waals surface area contributed by atoms with Crippen molar-refractivity contribution in [3.05, 3.63) is 24.3 Å². The summed E-state index contributed by atoms with van der Waals surface area (Å²) in [5, 5.41) is 6.23. The minimum Gasteiger partial charge on any atom is -0.384 e. The summed E-state index contributed by atoms with van der Waals surface area (Å²) in [6.45, 7) is 5.98. The molecule has 0 bridgehead atoms. The van der Waals surface area contributed by atoms with Gasteiger partial charge in [0.05, 0.1) is 0 Å². The maximum absolute atomic E-state index is 11.6. The first kappa shape index (κ1) is 15.5. The normalized spacial score (nSPS) is 10.8. The van der Waals surface area contributed by atoms with Gasteiger partial charge in [0.2, 0.25) is 5.91 Å². The molecule has 0 saturated carbocycles. The molecular formula is C15H25N3O. The quantitative estimate of drug-likeness (QED) is 0.795. The molecule has 0 spiro atoms. The Hall–Kier alpha value is -1.55. The Kier molecular flexibility index (Phi) is 6.36. The Balaban J connectivity index is 2.41. The maximum atomic E-state index is 11.6. The van der Waals surface area contributed by atoms with E-state index < -0.39 is 0 Å². The summed E-state index contributed by atoms with van der Waals surface area (Å²) in [6.07, 6.45) is 0.558. The molecule has 0 radical (unpaired) electrons. The van der Waals surface area contributed by atoms with Crippen LogP contribution in [0.1, 0.15) is 20.3 Å². The van der Waals surface area contributed by atoms with Gasteiger partial charge in [-0.25, -0.2) is 0 Å². The van der Waals surface area contributed by atoms with Crippen molar-refractivity contribution in [3.8, 4) is 0 Å². The third-order valence-corrected chi connectivity index (χ3v) is 2.65. The fourth-order valence-corrected chi connectivity index (χ4v) is 1.68. The van der Waals surface area contributed by atoms with Gasteiger partial charge in [-0.1, -0.05) is 13.8 Å². The van der Waals surface area contributed by atoms with E-state index in [4.69, 9.17) is 0 Å². The molecule has 0 heterocycles. The average Bonchev–Trinajstić information content (AvgIpc) is 2.29. The highest BCUT2D eigenvalue weighted by atomic mass is 16.1. The standard InChI is InChI=1S/C15H25N3O/c1-12(2)11-15(19)17-14-7-5-13(6-8-14)16-9-10-18(3)4/h5-8,12,16H,9-11H2,1-4H3,(H,17,19). The van der Waals surface area contributed by atoms with Crippen LogP contribution in [0.15, 0.2) is 24.3 Å². The van der Waals surface area contributed by atoms with Crippen LogP contribution in [-0.4, -0.2) is 38.0 Å². The number of carbonyl (C=O) groups is 1. The number of nitrogens with one attached hydrogen (secondary N) is 2. The van der Waals surface area contributed by atoms with Crippen molar-refractivity contribution in [2.24, 2.45) is 5.92 Å². The molecule has 0 aromatic heterocycles. The summed E-state index contributed by atoms with van der Waals surface area (Å²) in [7, 11) is 4.10. The number of nitrogens with zero attached hydrogens (tertiary/aromatic N) is 1. The molecule has 2 N–H and O–H groups in total. The number of amides is 1. The third kappa shape index (κ3) is 6.82. The second kappa shape index (κ2) is 7.79. The minimum absolute atomic E-state index is 0.0725. The number of hydrogen-bond acceptors (Lipinski definition) is 3. The van der Waals surface area contributed by atoms with Gasteiger partial charge in [0.25, 0.3) is 0 Å². The van der Waals surface area contributed by atoms with Crippen LogP contribution in [0.25, 0.3) is 0 Å². The molecule has 0 fully saturated rings. The van der Waals surface area contributed by atoms with E-state index in [9.17, 15) is 4.79 Å². The smallest absolute Gasteiger partial charge is 0.224 e. The number of likely N-dealkylation sites (N-methyl/N-ethyl adjacent to an activating group) is 1. The van der Waals surface area contributed by atoms with Crippen LogP contribution >= 0.6 is 0 Å². The molecule has 1 amide bonds. The molecular weight excluding hydrogens is 238 g/mol. The van der Waals surface area contributed by atoms with E-state index in [0.717, 1.165) is 24.5 Å². The summed E-state index contributed by atoms with van der Waals surface area (Å²) in [6, 6.07) is 7.83. The van der Waals surface area contributed by atoms with E-state index >= 15 is 0 Å². The number of benzene rings is 1. The monoisotopic (exact) mass is 263 g/mol. The number of hydrogen-bond donors (Lipinski definition) is 2. The summed E-state index contributed by atoms with van der Waals surface area (Å²) in [5.74, 6) is 0.454. The Morgan fingerprint density at radius 3 is 2.26 bits per heavy atom. The molecule has 0 saturated heterocycles. The van der Waals surface area contributed by atoms with Gasteiger partial charge < -0.3 is 15.5 Å². The second-order valence-corrected chi connectivity index (χ2v) is 5.45. The van der Waals surface area contributed by atoms with E-state index in [2.05, 4.69) is 29.6 Å². The first-order valence-corrected chi connectivity index (χ1v) is 6.76. The van der Waals surface area contributed by atoms with E-state index in [-0.39, 0.29) is 5.91 Å². The predicted octanol–water partition coefficient (Wildman–Crippen LogP) is 2.64. The topological polar surface area (TPSA) is 44.4 Å². The lowest BCUT2D eigenvalue weighted by Crippen LogP contribution is -2.20. The van der Waals surface area contributed by atoms with Crippen molar-refractivity contribution in [1.29, 1.82) is 0 Å². The van der Waals surface area contributed by atoms with Crippen LogP contribution in [-0.2, 0) is 4.79 Å². The lowest BCUT2D eigenvalue weighted by molar-refractivity contribution is -0.116. The zero-order valence-corrected chi connectivity index (χ0v) is 12.4. The largest absolute Gasteiger partial charge is 0.384 e. The van der Waals surface area contributed by atoms with Crippen LogP contribution in [0, 0.1) is 5.92 Å². The van der Waals surface area contributed by atoms with Crippen LogP contribution < -0.4 is 10.6 Å². The summed E-state index contributed by atoms with van der Waals surface area (Å²) in [4.78, 5) is 13.8. The summed E-state index contributed by atoms with van der Waals surface area (Å²) >= 11 is 0. The van der Waals surface area contributed by atoms with Gasteiger partial charge >= 0.3 is 0 Å². The van der Waals surface area contributed by atoms with Gasteiger partial charge in [0.15, 0.2) is 0 Å². The van der Waals surface area contributed by atoms with Gasteiger partial charge in [0, 0.05) is 30.9 Å². The lowest BCUT2D eigenvalue weighted by atomic mass is 10.1. The van der Waals surface area contributed by atoms with Gasteiger partial charge in [-0.3, -0.25) is 4.79 Å². The zero-order chi connectivity index (χ0) is 14.3. The molecule has 0 aliphatic carbocycles. The Morgan fingerprint density at radius 2 is 1.74 bits per heavy atom. The molecule has 0 aliphatic rings. The molecule has 106 valence electrons. The Labute approximate surface area is 116 Å². The fraction of sp³-hybridized carbons (Fsp3) is 0.533. The average molecular weight is 263 g/mol. The second-order valence-electron chi connectivity index (χ2n) is 5.45. The molecule has 1 rings (SSSR count). The SMILES string of the molecule is CC(C)CC(=O)Nc1ccc(NCCN(C)C)cc1. The predicted molar refractivity (Wildman–Crippen MR) is 81.6 cm³/mol. The highest BCUT2D eigenvalue weighted by molar-refractivity contribution is 5.90. The van der Waals surface area contributed by atoms with Gasteiger partial charge in [0.1, 0.15) is 0 Å². The van der Waals surface area contributed by atoms with Crippen molar-refractivity contribution in [2.45, 2.75) is 20.3 Å². The molecule has 1 aromatic carbocycles. The molecule has 0 atom stereocenters. The maximum Gasteiger partial charge on any atom is 0.224 e. The van der Waals surface area contributed by atoms with E-state index in [1.165, 1.54) is 0 Å². The minimum atomic E-state index is 0.0725. The molecule has 0 unspecified atom stereocenters.